The molecular formula is C35H49NO11. The second-order valence-corrected chi connectivity index (χ2v) is 14.7. The molecule has 1 aromatic rings. The monoisotopic (exact) mass is 659 g/mol. The Morgan fingerprint density at radius 2 is 1.68 bits per heavy atom. The van der Waals surface area contributed by atoms with Crippen LogP contribution in [-0.4, -0.2) is 130 Å². The van der Waals surface area contributed by atoms with Gasteiger partial charge in [0.05, 0.1) is 43.7 Å². The van der Waals surface area contributed by atoms with Crippen LogP contribution in [0.1, 0.15) is 43.5 Å². The molecule has 0 amide bonds. The Morgan fingerprint density at radius 3 is 2.26 bits per heavy atom. The lowest BCUT2D eigenvalue weighted by Crippen LogP contribution is -2.79. The molecule has 7 rings (SSSR count). The van der Waals surface area contributed by atoms with Gasteiger partial charge in [0.1, 0.15) is 23.1 Å². The molecule has 12 nitrogen and oxygen atoms in total. The van der Waals surface area contributed by atoms with Gasteiger partial charge in [0.15, 0.2) is 0 Å². The van der Waals surface area contributed by atoms with Gasteiger partial charge in [-0.05, 0) is 43.1 Å². The molecule has 1 heterocycles. The zero-order valence-corrected chi connectivity index (χ0v) is 28.3. The standard InChI is InChI=1S/C35H49NO11/c1-8-36-16-32(17-41-3)22(38)13-23(43-5)35-21-14-33(40)24(44-6)15-34(47-18(2)37,26(29(35)36)27(45-7)28(32)35)25(21)30(33)46-31(39)19-9-11-20(42-4)12-10-19/h9-12,21-30,38,40H,8,13-17H2,1-7H3/t21-,22-,23+,24+,25-,26?,27+,28-,29?,30-,32+,33+,34-,35+/m1/s1. The third kappa shape index (κ3) is 4.00. The third-order valence-corrected chi connectivity index (χ3v) is 13.4. The minimum atomic E-state index is -1.58. The molecule has 7 bridgehead atoms. The maximum atomic E-state index is 13.9. The number of hydrogen-bond acceptors (Lipinski definition) is 12. The van der Waals surface area contributed by atoms with Gasteiger partial charge in [-0.3, -0.25) is 9.69 Å². The lowest BCUT2D eigenvalue weighted by atomic mass is 9.42. The molecule has 12 heteroatoms. The zero-order chi connectivity index (χ0) is 33.7. The highest BCUT2D eigenvalue weighted by Crippen LogP contribution is 2.80. The summed E-state index contributed by atoms with van der Waals surface area (Å²) >= 11 is 0. The molecule has 5 aliphatic carbocycles. The van der Waals surface area contributed by atoms with Crippen molar-refractivity contribution < 1.29 is 53.0 Å². The van der Waals surface area contributed by atoms with E-state index in [2.05, 4.69) is 11.8 Å². The number of carbonyl (C=O) groups is 2. The van der Waals surface area contributed by atoms with Crippen LogP contribution in [-0.2, 0) is 33.2 Å². The van der Waals surface area contributed by atoms with Crippen LogP contribution in [0.2, 0.25) is 0 Å². The maximum Gasteiger partial charge on any atom is 0.338 e. The first kappa shape index (κ1) is 33.2. The number of carbonyl (C=O) groups excluding carboxylic acids is 2. The van der Waals surface area contributed by atoms with E-state index >= 15 is 0 Å². The average Bonchev–Trinajstić information content (AvgIpc) is 3.43. The van der Waals surface area contributed by atoms with E-state index < -0.39 is 76.3 Å². The van der Waals surface area contributed by atoms with Gasteiger partial charge >= 0.3 is 11.9 Å². The SMILES string of the molecule is CCN1C[C@]2(COC)[C@H](O)C[C@H](OC)[C@]34C1C([C@H](OC)[C@H]23)[C@@]1(OC(C)=O)C[C@H](OC)[C@@]2(O)C[C@@H]4[C@@H]1[C@H]2OC(=O)c1ccc(OC)cc1. The van der Waals surface area contributed by atoms with Crippen molar-refractivity contribution in [3.8, 4) is 5.75 Å². The van der Waals surface area contributed by atoms with E-state index in [9.17, 15) is 19.8 Å². The van der Waals surface area contributed by atoms with Crippen LogP contribution in [0.4, 0.5) is 0 Å². The Balaban J connectivity index is 1.47. The number of methoxy groups -OCH3 is 5. The number of likely N-dealkylation sites (tertiary alicyclic amines) is 1. The number of ether oxygens (including phenoxy) is 7. The van der Waals surface area contributed by atoms with Crippen molar-refractivity contribution in [3.63, 3.8) is 0 Å². The maximum absolute atomic E-state index is 13.9. The molecule has 0 aromatic heterocycles. The molecule has 5 saturated carbocycles. The van der Waals surface area contributed by atoms with Crippen LogP contribution < -0.4 is 4.74 Å². The Kier molecular flexibility index (Phi) is 8.02. The van der Waals surface area contributed by atoms with Crippen LogP contribution in [0.3, 0.4) is 0 Å². The van der Waals surface area contributed by atoms with Gasteiger partial charge < -0.3 is 43.4 Å². The fourth-order valence-corrected chi connectivity index (χ4v) is 12.4. The van der Waals surface area contributed by atoms with Crippen molar-refractivity contribution in [3.05, 3.63) is 29.8 Å². The van der Waals surface area contributed by atoms with Gasteiger partial charge in [0, 0.05) is 89.4 Å². The number of benzene rings is 1. The van der Waals surface area contributed by atoms with Crippen LogP contribution in [0, 0.1) is 34.5 Å². The Bertz CT molecular complexity index is 1390. The molecule has 260 valence electrons. The molecule has 1 spiro atoms. The second kappa shape index (κ2) is 11.4. The predicted molar refractivity (Wildman–Crippen MR) is 166 cm³/mol. The third-order valence-electron chi connectivity index (χ3n) is 13.4. The summed E-state index contributed by atoms with van der Waals surface area (Å²) < 4.78 is 43.2. The summed E-state index contributed by atoms with van der Waals surface area (Å²) in [7, 11) is 8.11. The number of rotatable bonds is 10. The van der Waals surface area contributed by atoms with E-state index in [1.807, 2.05) is 0 Å². The molecule has 47 heavy (non-hydrogen) atoms. The first-order chi connectivity index (χ1) is 22.5. The minimum absolute atomic E-state index is 0.179. The summed E-state index contributed by atoms with van der Waals surface area (Å²) in [5.74, 6) is -2.10. The molecular weight excluding hydrogens is 610 g/mol. The molecule has 2 N–H and O–H groups in total. The fourth-order valence-electron chi connectivity index (χ4n) is 12.4. The van der Waals surface area contributed by atoms with Crippen LogP contribution in [0.15, 0.2) is 24.3 Å². The van der Waals surface area contributed by atoms with E-state index in [1.54, 1.807) is 52.7 Å². The highest BCUT2D eigenvalue weighted by molar-refractivity contribution is 5.89. The summed E-state index contributed by atoms with van der Waals surface area (Å²) in [4.78, 5) is 29.5. The Labute approximate surface area is 275 Å². The molecule has 1 aromatic carbocycles. The Morgan fingerprint density at radius 1 is 0.979 bits per heavy atom. The normalized spacial score (nSPS) is 47.4. The van der Waals surface area contributed by atoms with Crippen LogP contribution >= 0.6 is 0 Å². The van der Waals surface area contributed by atoms with Gasteiger partial charge in [0.2, 0.25) is 0 Å². The topological polar surface area (TPSA) is 142 Å². The molecule has 6 fully saturated rings. The molecule has 1 aliphatic heterocycles. The van der Waals surface area contributed by atoms with Crippen molar-refractivity contribution >= 4 is 11.9 Å². The quantitative estimate of drug-likeness (QED) is 0.353. The van der Waals surface area contributed by atoms with E-state index in [0.717, 1.165) is 0 Å². The average molecular weight is 660 g/mol. The van der Waals surface area contributed by atoms with Gasteiger partial charge in [0.25, 0.3) is 0 Å². The number of fused-ring (bicyclic) bond motifs is 2. The first-order valence-corrected chi connectivity index (χ1v) is 16.7. The summed E-state index contributed by atoms with van der Waals surface area (Å²) in [6.07, 6.45) is -2.70. The number of aliphatic hydroxyl groups excluding tert-OH is 1. The van der Waals surface area contributed by atoms with Crippen molar-refractivity contribution in [1.29, 1.82) is 0 Å². The lowest BCUT2D eigenvalue weighted by Gasteiger charge is -2.70. The molecule has 2 unspecified atom stereocenters. The molecule has 6 aliphatic rings. The van der Waals surface area contributed by atoms with E-state index in [0.29, 0.717) is 37.4 Å². The largest absolute Gasteiger partial charge is 0.497 e. The number of piperidine rings is 1. The van der Waals surface area contributed by atoms with E-state index in [-0.39, 0.29) is 30.7 Å². The first-order valence-electron chi connectivity index (χ1n) is 16.7. The summed E-state index contributed by atoms with van der Waals surface area (Å²) in [5.41, 5.74) is -3.89. The summed E-state index contributed by atoms with van der Waals surface area (Å²) in [6, 6.07) is 6.44. The van der Waals surface area contributed by atoms with Crippen LogP contribution in [0.5, 0.6) is 5.75 Å². The molecule has 14 atom stereocenters. The predicted octanol–water partition coefficient (Wildman–Crippen LogP) is 1.69. The number of nitrogens with zero attached hydrogens (tertiary/aromatic N) is 1. The number of hydrogen-bond donors (Lipinski definition) is 2. The highest BCUT2D eigenvalue weighted by Gasteiger charge is 2.90. The molecule has 0 radical (unpaired) electrons. The second-order valence-electron chi connectivity index (χ2n) is 14.7. The summed E-state index contributed by atoms with van der Waals surface area (Å²) in [5, 5.41) is 24.8. The van der Waals surface area contributed by atoms with Gasteiger partial charge in [-0.15, -0.1) is 0 Å². The van der Waals surface area contributed by atoms with Gasteiger partial charge in [-0.2, -0.15) is 0 Å². The van der Waals surface area contributed by atoms with E-state index in [1.165, 1.54) is 14.0 Å². The Hall–Kier alpha value is -2.32. The van der Waals surface area contributed by atoms with Crippen molar-refractivity contribution in [2.24, 2.45) is 34.5 Å². The van der Waals surface area contributed by atoms with Crippen LogP contribution in [0.25, 0.3) is 0 Å². The summed E-state index contributed by atoms with van der Waals surface area (Å²) in [6.45, 7) is 5.04. The van der Waals surface area contributed by atoms with Gasteiger partial charge in [-0.1, -0.05) is 6.92 Å². The fraction of sp³-hybridized carbons (Fsp3) is 0.771. The van der Waals surface area contributed by atoms with Gasteiger partial charge in [-0.25, -0.2) is 4.79 Å². The highest BCUT2D eigenvalue weighted by atomic mass is 16.6. The molecule has 1 saturated heterocycles. The lowest BCUT2D eigenvalue weighted by molar-refractivity contribution is -0.300. The van der Waals surface area contributed by atoms with Crippen molar-refractivity contribution in [2.45, 2.75) is 80.9 Å². The number of esters is 2. The smallest absolute Gasteiger partial charge is 0.338 e. The van der Waals surface area contributed by atoms with Crippen molar-refractivity contribution in [2.75, 3.05) is 55.2 Å². The van der Waals surface area contributed by atoms with Crippen molar-refractivity contribution in [1.82, 2.24) is 4.90 Å². The zero-order valence-electron chi connectivity index (χ0n) is 28.3. The number of aliphatic hydroxyl groups is 2. The van der Waals surface area contributed by atoms with E-state index in [4.69, 9.17) is 33.2 Å². The minimum Gasteiger partial charge on any atom is -0.497 e.